The molecule has 0 heterocycles. The summed E-state index contributed by atoms with van der Waals surface area (Å²) >= 11 is 5.02. The van der Waals surface area contributed by atoms with Crippen LogP contribution in [-0.2, 0) is 10.5 Å². The van der Waals surface area contributed by atoms with Gasteiger partial charge in [0.05, 0.1) is 5.75 Å². The van der Waals surface area contributed by atoms with Gasteiger partial charge in [0.1, 0.15) is 0 Å². The summed E-state index contributed by atoms with van der Waals surface area (Å²) in [4.78, 5) is 11.3. The van der Waals surface area contributed by atoms with Crippen LogP contribution in [0, 0.1) is 0 Å². The molecule has 0 spiro atoms. The zero-order valence-corrected chi connectivity index (χ0v) is 11.3. The number of benzene rings is 1. The van der Waals surface area contributed by atoms with E-state index < -0.39 is 0 Å². The van der Waals surface area contributed by atoms with E-state index in [1.165, 1.54) is 5.56 Å². The molecule has 1 rings (SSSR count). The summed E-state index contributed by atoms with van der Waals surface area (Å²) in [5.74, 6) is 1.39. The lowest BCUT2D eigenvalue weighted by Crippen LogP contribution is -2.24. The summed E-state index contributed by atoms with van der Waals surface area (Å²) in [5.41, 5.74) is 1.22. The van der Waals surface area contributed by atoms with Gasteiger partial charge in [-0.15, -0.1) is 18.3 Å². The van der Waals surface area contributed by atoms with E-state index in [4.69, 9.17) is 0 Å². The van der Waals surface area contributed by atoms with Crippen LogP contribution in [-0.4, -0.2) is 18.2 Å². The Morgan fingerprint density at radius 1 is 1.56 bits per heavy atom. The fraction of sp³-hybridized carbons (Fsp3) is 0.250. The number of nitrogens with one attached hydrogen (secondary N) is 1. The molecule has 2 nitrogen and oxygen atoms in total. The minimum absolute atomic E-state index is 0.0555. The van der Waals surface area contributed by atoms with E-state index in [2.05, 4.69) is 40.0 Å². The molecular formula is C12H14BrNOS. The summed E-state index contributed by atoms with van der Waals surface area (Å²) in [7, 11) is 0. The predicted molar refractivity (Wildman–Crippen MR) is 73.5 cm³/mol. The summed E-state index contributed by atoms with van der Waals surface area (Å²) in [6.45, 7) is 4.08. The van der Waals surface area contributed by atoms with Crippen molar-refractivity contribution >= 4 is 33.6 Å². The van der Waals surface area contributed by atoms with Gasteiger partial charge in [0.25, 0.3) is 0 Å². The standard InChI is InChI=1S/C12H14BrNOS/c1-2-6-14-12(15)9-16-8-10-4-3-5-11(13)7-10/h2-5,7H,1,6,8-9H2,(H,14,15). The molecule has 0 saturated carbocycles. The molecule has 0 fully saturated rings. The molecule has 0 aliphatic carbocycles. The molecule has 0 aliphatic rings. The van der Waals surface area contributed by atoms with Crippen molar-refractivity contribution in [2.75, 3.05) is 12.3 Å². The van der Waals surface area contributed by atoms with Crippen LogP contribution in [0.4, 0.5) is 0 Å². The molecule has 16 heavy (non-hydrogen) atoms. The quantitative estimate of drug-likeness (QED) is 0.818. The Balaban J connectivity index is 2.25. The number of thioether (sulfide) groups is 1. The van der Waals surface area contributed by atoms with E-state index in [9.17, 15) is 4.79 Å². The molecule has 0 bridgehead atoms. The van der Waals surface area contributed by atoms with Crippen molar-refractivity contribution in [3.05, 3.63) is 47.0 Å². The average molecular weight is 300 g/mol. The summed E-state index contributed by atoms with van der Waals surface area (Å²) < 4.78 is 1.07. The van der Waals surface area contributed by atoms with Crippen LogP contribution in [0.1, 0.15) is 5.56 Å². The number of hydrogen-bond donors (Lipinski definition) is 1. The summed E-state index contributed by atoms with van der Waals surface area (Å²) in [6, 6.07) is 8.11. The van der Waals surface area contributed by atoms with E-state index in [1.807, 2.05) is 12.1 Å². The van der Waals surface area contributed by atoms with Crippen LogP contribution >= 0.6 is 27.7 Å². The monoisotopic (exact) mass is 299 g/mol. The Labute approximate surface area is 109 Å². The van der Waals surface area contributed by atoms with E-state index in [0.717, 1.165) is 10.2 Å². The Bertz CT molecular complexity index is 368. The minimum Gasteiger partial charge on any atom is -0.352 e. The minimum atomic E-state index is 0.0555. The van der Waals surface area contributed by atoms with Gasteiger partial charge in [0, 0.05) is 16.8 Å². The number of carbonyl (C=O) groups is 1. The first-order chi connectivity index (χ1) is 7.72. The zero-order valence-electron chi connectivity index (χ0n) is 8.91. The maximum Gasteiger partial charge on any atom is 0.230 e. The third kappa shape index (κ3) is 5.37. The van der Waals surface area contributed by atoms with E-state index >= 15 is 0 Å². The first-order valence-electron chi connectivity index (χ1n) is 4.92. The molecule has 0 unspecified atom stereocenters. The zero-order chi connectivity index (χ0) is 11.8. The number of rotatable bonds is 6. The molecule has 1 aromatic rings. The normalized spacial score (nSPS) is 9.81. The van der Waals surface area contributed by atoms with Crippen molar-refractivity contribution in [1.29, 1.82) is 0 Å². The van der Waals surface area contributed by atoms with Crippen LogP contribution in [0.5, 0.6) is 0 Å². The second kappa shape index (κ2) is 7.52. The Morgan fingerprint density at radius 2 is 2.38 bits per heavy atom. The van der Waals surface area contributed by atoms with E-state index in [0.29, 0.717) is 12.3 Å². The smallest absolute Gasteiger partial charge is 0.230 e. The van der Waals surface area contributed by atoms with Gasteiger partial charge in [-0.05, 0) is 17.7 Å². The SMILES string of the molecule is C=CCNC(=O)CSCc1cccc(Br)c1. The fourth-order valence-electron chi connectivity index (χ4n) is 1.13. The Kier molecular flexibility index (Phi) is 6.26. The maximum absolute atomic E-state index is 11.3. The highest BCUT2D eigenvalue weighted by molar-refractivity contribution is 9.10. The first-order valence-corrected chi connectivity index (χ1v) is 6.87. The van der Waals surface area contributed by atoms with Crippen molar-refractivity contribution in [3.63, 3.8) is 0 Å². The van der Waals surface area contributed by atoms with Gasteiger partial charge in [0.15, 0.2) is 0 Å². The van der Waals surface area contributed by atoms with Gasteiger partial charge in [0.2, 0.25) is 5.91 Å². The molecule has 4 heteroatoms. The second-order valence-electron chi connectivity index (χ2n) is 3.22. The van der Waals surface area contributed by atoms with Gasteiger partial charge in [-0.2, -0.15) is 0 Å². The fourth-order valence-corrected chi connectivity index (χ4v) is 2.38. The Hall–Kier alpha value is -0.740. The van der Waals surface area contributed by atoms with Gasteiger partial charge < -0.3 is 5.32 Å². The van der Waals surface area contributed by atoms with Gasteiger partial charge in [-0.25, -0.2) is 0 Å². The molecule has 1 amide bonds. The van der Waals surface area contributed by atoms with Gasteiger partial charge in [-0.1, -0.05) is 34.1 Å². The lowest BCUT2D eigenvalue weighted by atomic mass is 10.2. The Morgan fingerprint density at radius 3 is 3.06 bits per heavy atom. The molecule has 0 atom stereocenters. The molecule has 1 N–H and O–H groups in total. The third-order valence-electron chi connectivity index (χ3n) is 1.83. The van der Waals surface area contributed by atoms with Crippen molar-refractivity contribution < 1.29 is 4.79 Å². The third-order valence-corrected chi connectivity index (χ3v) is 3.33. The molecule has 1 aromatic carbocycles. The van der Waals surface area contributed by atoms with Crippen LogP contribution < -0.4 is 5.32 Å². The van der Waals surface area contributed by atoms with Gasteiger partial charge >= 0.3 is 0 Å². The van der Waals surface area contributed by atoms with Gasteiger partial charge in [-0.3, -0.25) is 4.79 Å². The van der Waals surface area contributed by atoms with Crippen LogP contribution in [0.15, 0.2) is 41.4 Å². The highest BCUT2D eigenvalue weighted by Crippen LogP contribution is 2.16. The maximum atomic E-state index is 11.3. The van der Waals surface area contributed by atoms with E-state index in [-0.39, 0.29) is 5.91 Å². The van der Waals surface area contributed by atoms with Crippen molar-refractivity contribution in [2.45, 2.75) is 5.75 Å². The van der Waals surface area contributed by atoms with Crippen molar-refractivity contribution in [2.24, 2.45) is 0 Å². The molecule has 86 valence electrons. The average Bonchev–Trinajstić information content (AvgIpc) is 2.26. The van der Waals surface area contributed by atoms with Crippen LogP contribution in [0.2, 0.25) is 0 Å². The van der Waals surface area contributed by atoms with E-state index in [1.54, 1.807) is 17.8 Å². The largest absolute Gasteiger partial charge is 0.352 e. The number of hydrogen-bond acceptors (Lipinski definition) is 2. The van der Waals surface area contributed by atoms with Crippen LogP contribution in [0.3, 0.4) is 0 Å². The molecular weight excluding hydrogens is 286 g/mol. The molecule has 0 aliphatic heterocycles. The molecule has 0 radical (unpaired) electrons. The predicted octanol–water partition coefficient (Wildman–Crippen LogP) is 2.98. The lowest BCUT2D eigenvalue weighted by molar-refractivity contribution is -0.118. The number of amides is 1. The highest BCUT2D eigenvalue weighted by atomic mass is 79.9. The summed E-state index contributed by atoms with van der Waals surface area (Å²) in [6.07, 6.45) is 1.68. The second-order valence-corrected chi connectivity index (χ2v) is 5.12. The van der Waals surface area contributed by atoms with Crippen molar-refractivity contribution in [3.8, 4) is 0 Å². The molecule has 0 saturated heterocycles. The summed E-state index contributed by atoms with van der Waals surface area (Å²) in [5, 5.41) is 2.74. The van der Waals surface area contributed by atoms with Crippen molar-refractivity contribution in [1.82, 2.24) is 5.32 Å². The highest BCUT2D eigenvalue weighted by Gasteiger charge is 2.00. The topological polar surface area (TPSA) is 29.1 Å². The first kappa shape index (κ1) is 13.3. The number of carbonyl (C=O) groups excluding carboxylic acids is 1. The lowest BCUT2D eigenvalue weighted by Gasteiger charge is -2.03. The molecule has 0 aromatic heterocycles. The number of halogens is 1. The van der Waals surface area contributed by atoms with Crippen LogP contribution in [0.25, 0.3) is 0 Å².